The van der Waals surface area contributed by atoms with Gasteiger partial charge in [0.25, 0.3) is 5.91 Å². The highest BCUT2D eigenvalue weighted by atomic mass is 19.1. The Labute approximate surface area is 144 Å². The number of ether oxygens (including phenoxy) is 1. The van der Waals surface area contributed by atoms with E-state index < -0.39 is 17.7 Å². The number of hydrogen-bond donors (Lipinski definition) is 2. The lowest BCUT2D eigenvalue weighted by Gasteiger charge is -2.07. The average Bonchev–Trinajstić information content (AvgIpc) is 2.59. The van der Waals surface area contributed by atoms with Crippen molar-refractivity contribution < 1.29 is 23.5 Å². The van der Waals surface area contributed by atoms with Gasteiger partial charge < -0.3 is 15.4 Å². The van der Waals surface area contributed by atoms with Crippen molar-refractivity contribution in [1.82, 2.24) is 5.32 Å². The van der Waals surface area contributed by atoms with Crippen molar-refractivity contribution in [2.75, 3.05) is 19.0 Å². The van der Waals surface area contributed by atoms with Crippen LogP contribution in [0.3, 0.4) is 0 Å². The maximum absolute atomic E-state index is 13.1. The molecule has 130 valence electrons. The highest BCUT2D eigenvalue weighted by Crippen LogP contribution is 2.11. The van der Waals surface area contributed by atoms with E-state index in [9.17, 15) is 18.8 Å². The maximum atomic E-state index is 13.1. The zero-order valence-corrected chi connectivity index (χ0v) is 13.5. The minimum Gasteiger partial charge on any atom is -0.468 e. The van der Waals surface area contributed by atoms with Crippen LogP contribution in [0.25, 0.3) is 0 Å². The molecule has 2 N–H and O–H groups in total. The summed E-state index contributed by atoms with van der Waals surface area (Å²) >= 11 is 0. The number of benzene rings is 2. The van der Waals surface area contributed by atoms with Gasteiger partial charge in [-0.25, -0.2) is 4.39 Å². The van der Waals surface area contributed by atoms with Crippen LogP contribution in [0.1, 0.15) is 15.9 Å². The summed E-state index contributed by atoms with van der Waals surface area (Å²) < 4.78 is 17.5. The van der Waals surface area contributed by atoms with Crippen molar-refractivity contribution in [2.24, 2.45) is 0 Å². The molecular weight excluding hydrogens is 327 g/mol. The van der Waals surface area contributed by atoms with Crippen LogP contribution in [0, 0.1) is 5.82 Å². The van der Waals surface area contributed by atoms with Gasteiger partial charge in [0.05, 0.1) is 13.5 Å². The summed E-state index contributed by atoms with van der Waals surface area (Å²) in [4.78, 5) is 34.8. The zero-order valence-electron chi connectivity index (χ0n) is 13.5. The molecule has 0 unspecified atom stereocenters. The molecule has 2 rings (SSSR count). The highest BCUT2D eigenvalue weighted by Gasteiger charge is 2.09. The van der Waals surface area contributed by atoms with Crippen LogP contribution in [-0.4, -0.2) is 31.4 Å². The maximum Gasteiger partial charge on any atom is 0.325 e. The third-order valence-electron chi connectivity index (χ3n) is 3.31. The summed E-state index contributed by atoms with van der Waals surface area (Å²) in [6.45, 7) is -0.221. The van der Waals surface area contributed by atoms with Crippen LogP contribution in [0.2, 0.25) is 0 Å². The molecule has 2 amide bonds. The first kappa shape index (κ1) is 18.1. The number of amides is 2. The molecule has 0 aliphatic rings. The van der Waals surface area contributed by atoms with E-state index in [2.05, 4.69) is 15.4 Å². The van der Waals surface area contributed by atoms with Crippen LogP contribution in [0.15, 0.2) is 48.5 Å². The molecule has 0 bridgehead atoms. The largest absolute Gasteiger partial charge is 0.468 e. The fraction of sp³-hybridized carbons (Fsp3) is 0.167. The van der Waals surface area contributed by atoms with Crippen molar-refractivity contribution in [3.63, 3.8) is 0 Å². The molecule has 0 heterocycles. The average molecular weight is 344 g/mol. The van der Waals surface area contributed by atoms with Crippen LogP contribution in [-0.2, 0) is 20.7 Å². The molecule has 0 saturated heterocycles. The molecule has 2 aromatic rings. The van der Waals surface area contributed by atoms with E-state index in [1.54, 1.807) is 24.3 Å². The van der Waals surface area contributed by atoms with Gasteiger partial charge in [0.1, 0.15) is 12.4 Å². The van der Waals surface area contributed by atoms with Crippen molar-refractivity contribution in [2.45, 2.75) is 6.42 Å². The number of carbonyl (C=O) groups is 3. The monoisotopic (exact) mass is 344 g/mol. The standard InChI is InChI=1S/C18H17FN2O4/c1-25-17(23)11-20-18(24)13-5-7-15(8-6-13)21-16(22)10-12-3-2-4-14(19)9-12/h2-9H,10-11H2,1H3,(H,20,24)(H,21,22). The van der Waals surface area contributed by atoms with E-state index in [1.165, 1.54) is 31.4 Å². The van der Waals surface area contributed by atoms with Crippen molar-refractivity contribution >= 4 is 23.5 Å². The van der Waals surface area contributed by atoms with Crippen LogP contribution < -0.4 is 10.6 Å². The first-order valence-corrected chi connectivity index (χ1v) is 7.47. The van der Waals surface area contributed by atoms with Crippen molar-refractivity contribution in [3.05, 3.63) is 65.5 Å². The van der Waals surface area contributed by atoms with E-state index in [0.717, 1.165) is 0 Å². The number of carbonyl (C=O) groups excluding carboxylic acids is 3. The molecule has 0 spiro atoms. The molecule has 6 nitrogen and oxygen atoms in total. The van der Waals surface area contributed by atoms with Gasteiger partial charge in [0.15, 0.2) is 0 Å². The summed E-state index contributed by atoms with van der Waals surface area (Å²) in [5.41, 5.74) is 1.41. The molecule has 0 saturated carbocycles. The Morgan fingerprint density at radius 1 is 1.08 bits per heavy atom. The lowest BCUT2D eigenvalue weighted by atomic mass is 10.1. The molecule has 0 aliphatic carbocycles. The number of esters is 1. The third kappa shape index (κ3) is 5.72. The molecule has 25 heavy (non-hydrogen) atoms. The molecule has 0 aromatic heterocycles. The van der Waals surface area contributed by atoms with Gasteiger partial charge >= 0.3 is 5.97 Å². The second kappa shape index (κ2) is 8.58. The first-order valence-electron chi connectivity index (χ1n) is 7.47. The second-order valence-electron chi connectivity index (χ2n) is 5.19. The molecule has 0 aliphatic heterocycles. The third-order valence-corrected chi connectivity index (χ3v) is 3.31. The topological polar surface area (TPSA) is 84.5 Å². The van der Waals surface area contributed by atoms with Gasteiger partial charge in [-0.05, 0) is 42.0 Å². The predicted octanol–water partition coefficient (Wildman–Crippen LogP) is 1.91. The number of nitrogens with one attached hydrogen (secondary N) is 2. The normalized spacial score (nSPS) is 10.0. The smallest absolute Gasteiger partial charge is 0.325 e. The molecule has 2 aromatic carbocycles. The van der Waals surface area contributed by atoms with E-state index in [0.29, 0.717) is 16.8 Å². The van der Waals surface area contributed by atoms with E-state index in [-0.39, 0.29) is 18.9 Å². The lowest BCUT2D eigenvalue weighted by Crippen LogP contribution is -2.30. The van der Waals surface area contributed by atoms with Gasteiger partial charge in [-0.3, -0.25) is 14.4 Å². The number of halogens is 1. The zero-order chi connectivity index (χ0) is 18.2. The molecular formula is C18H17FN2O4. The highest BCUT2D eigenvalue weighted by molar-refractivity contribution is 5.97. The van der Waals surface area contributed by atoms with Crippen LogP contribution in [0.5, 0.6) is 0 Å². The summed E-state index contributed by atoms with van der Waals surface area (Å²) in [5, 5.41) is 5.08. The number of methoxy groups -OCH3 is 1. The fourth-order valence-electron chi connectivity index (χ4n) is 2.07. The summed E-state index contributed by atoms with van der Waals surface area (Å²) in [6.07, 6.45) is 0.0408. The quantitative estimate of drug-likeness (QED) is 0.784. The molecule has 0 radical (unpaired) electrons. The lowest BCUT2D eigenvalue weighted by molar-refractivity contribution is -0.139. The SMILES string of the molecule is COC(=O)CNC(=O)c1ccc(NC(=O)Cc2cccc(F)c2)cc1. The second-order valence-corrected chi connectivity index (χ2v) is 5.19. The minimum atomic E-state index is -0.547. The van der Waals surface area contributed by atoms with Gasteiger partial charge in [0.2, 0.25) is 5.91 Å². The Bertz CT molecular complexity index is 775. The Hall–Kier alpha value is -3.22. The summed E-state index contributed by atoms with van der Waals surface area (Å²) in [5.74, 6) is -1.67. The van der Waals surface area contributed by atoms with E-state index in [1.807, 2.05) is 0 Å². The predicted molar refractivity (Wildman–Crippen MR) is 89.5 cm³/mol. The van der Waals surface area contributed by atoms with Gasteiger partial charge in [-0.1, -0.05) is 12.1 Å². The molecule has 7 heteroatoms. The van der Waals surface area contributed by atoms with Crippen LogP contribution in [0.4, 0.5) is 10.1 Å². The van der Waals surface area contributed by atoms with Gasteiger partial charge in [-0.2, -0.15) is 0 Å². The summed E-state index contributed by atoms with van der Waals surface area (Å²) in [7, 11) is 1.23. The van der Waals surface area contributed by atoms with Gasteiger partial charge in [0, 0.05) is 11.3 Å². The molecule has 0 fully saturated rings. The fourth-order valence-corrected chi connectivity index (χ4v) is 2.07. The minimum absolute atomic E-state index is 0.0408. The Morgan fingerprint density at radius 3 is 2.44 bits per heavy atom. The number of rotatable bonds is 6. The van der Waals surface area contributed by atoms with E-state index in [4.69, 9.17) is 0 Å². The number of hydrogen-bond acceptors (Lipinski definition) is 4. The van der Waals surface area contributed by atoms with Gasteiger partial charge in [-0.15, -0.1) is 0 Å². The van der Waals surface area contributed by atoms with E-state index >= 15 is 0 Å². The Balaban J connectivity index is 1.90. The van der Waals surface area contributed by atoms with Crippen LogP contribution >= 0.6 is 0 Å². The van der Waals surface area contributed by atoms with Crippen molar-refractivity contribution in [3.8, 4) is 0 Å². The Kier molecular flexibility index (Phi) is 6.22. The summed E-state index contributed by atoms with van der Waals surface area (Å²) in [6, 6.07) is 12.0. The van der Waals surface area contributed by atoms with Crippen molar-refractivity contribution in [1.29, 1.82) is 0 Å². The first-order chi connectivity index (χ1) is 12.0. The molecule has 0 atom stereocenters. The number of anilines is 1. The Morgan fingerprint density at radius 2 is 1.80 bits per heavy atom.